The van der Waals surface area contributed by atoms with Crippen LogP contribution in [-0.4, -0.2) is 103 Å². The van der Waals surface area contributed by atoms with Gasteiger partial charge in [-0.3, -0.25) is 20.1 Å². The van der Waals surface area contributed by atoms with Crippen LogP contribution < -0.4 is 36.5 Å². The predicted octanol–water partition coefficient (Wildman–Crippen LogP) is 7.77. The van der Waals surface area contributed by atoms with E-state index in [1.54, 1.807) is 24.5 Å². The van der Waals surface area contributed by atoms with E-state index in [2.05, 4.69) is 72.2 Å². The number of pyridine rings is 1. The average molecular weight is 1100 g/mol. The Labute approximate surface area is 473 Å². The number of aliphatic imine (C=N–C) groups is 1. The molecule has 12 unspecified atom stereocenters. The Kier molecular flexibility index (Phi) is 15.8. The number of rotatable bonds is 14. The average Bonchev–Trinajstić information content (AvgIpc) is 3.64. The smallest absolute Gasteiger partial charge is 0.302 e. The van der Waals surface area contributed by atoms with Crippen LogP contribution in [-0.2, 0) is 27.1 Å². The van der Waals surface area contributed by atoms with Crippen molar-refractivity contribution in [3.05, 3.63) is 120 Å². The van der Waals surface area contributed by atoms with Crippen LogP contribution in [0, 0.1) is 41.4 Å². The molecule has 11 N–H and O–H groups in total. The third-order valence-corrected chi connectivity index (χ3v) is 18.3. The Morgan fingerprint density at radius 3 is 2.73 bits per heavy atom. The molecule has 18 nitrogen and oxygen atoms in total. The second-order valence-electron chi connectivity index (χ2n) is 23.5. The van der Waals surface area contributed by atoms with Crippen molar-refractivity contribution in [2.45, 2.75) is 152 Å². The molecular weight excluding hydrogens is 1030 g/mol. The minimum atomic E-state index is -0.986. The van der Waals surface area contributed by atoms with Crippen molar-refractivity contribution in [2.24, 2.45) is 40.3 Å². The summed E-state index contributed by atoms with van der Waals surface area (Å²) < 4.78 is 29.0. The van der Waals surface area contributed by atoms with E-state index < -0.39 is 60.2 Å². The van der Waals surface area contributed by atoms with Gasteiger partial charge in [0.1, 0.15) is 24.6 Å². The van der Waals surface area contributed by atoms with E-state index in [9.17, 15) is 25.2 Å². The number of carbonyl (C=O) groups excluding carboxylic acids is 1. The number of esters is 1. The molecule has 18 heteroatoms. The fraction of sp³-hybridized carbons (Fsp3) is 0.508. The summed E-state index contributed by atoms with van der Waals surface area (Å²) in [6.45, 7) is 2.88. The van der Waals surface area contributed by atoms with Crippen LogP contribution in [0.2, 0.25) is 0 Å². The van der Waals surface area contributed by atoms with Crippen molar-refractivity contribution in [3.8, 4) is 40.6 Å². The highest BCUT2D eigenvalue weighted by molar-refractivity contribution is 5.83. The molecule has 0 amide bonds. The molecule has 5 fully saturated rings. The quantitative estimate of drug-likeness (QED) is 0.0168. The lowest BCUT2D eigenvalue weighted by molar-refractivity contribution is -0.196. The minimum absolute atomic E-state index is 0.0220. The number of nitrogens with one attached hydrogen (secondary N) is 5. The molecule has 2 aromatic carbocycles. The van der Waals surface area contributed by atoms with E-state index >= 15 is 0 Å². The van der Waals surface area contributed by atoms with E-state index in [1.165, 1.54) is 25.0 Å². The number of hydrogen-bond acceptors (Lipinski definition) is 14. The van der Waals surface area contributed by atoms with E-state index in [4.69, 9.17) is 29.7 Å². The van der Waals surface area contributed by atoms with E-state index in [1.807, 2.05) is 36.5 Å². The van der Waals surface area contributed by atoms with Gasteiger partial charge < -0.3 is 70.6 Å². The summed E-state index contributed by atoms with van der Waals surface area (Å²) in [5.41, 5.74) is 9.85. The molecule has 2 saturated heterocycles. The summed E-state index contributed by atoms with van der Waals surface area (Å²) in [6, 6.07) is 14.8. The number of phenolic OH excluding ortho intramolecular Hbond substituents is 3. The van der Waals surface area contributed by atoms with Gasteiger partial charge in [-0.05, 0) is 129 Å². The summed E-state index contributed by atoms with van der Waals surface area (Å²) in [5.74, 6) is 6.87. The lowest BCUT2D eigenvalue weighted by Crippen LogP contribution is -2.75. The first-order valence-corrected chi connectivity index (χ1v) is 29.4. The maximum atomic E-state index is 13.1. The van der Waals surface area contributed by atoms with E-state index in [0.717, 1.165) is 67.0 Å². The maximum Gasteiger partial charge on any atom is 0.302 e. The van der Waals surface area contributed by atoms with Crippen molar-refractivity contribution < 1.29 is 44.2 Å². The molecule has 428 valence electrons. The van der Waals surface area contributed by atoms with Gasteiger partial charge in [0.05, 0.1) is 47.5 Å². The number of nitrogens with two attached hydrogens (primary N) is 1. The Morgan fingerprint density at radius 1 is 1.01 bits per heavy atom. The number of ether oxygens (including phenoxy) is 4. The molecule has 4 aliphatic heterocycles. The first kappa shape index (κ1) is 54.3. The van der Waals surface area contributed by atoms with Gasteiger partial charge in [0, 0.05) is 93.0 Å². The summed E-state index contributed by atoms with van der Waals surface area (Å²) in [4.78, 5) is 25.9. The maximum absolute atomic E-state index is 13.1. The van der Waals surface area contributed by atoms with Crippen LogP contribution in [0.1, 0.15) is 119 Å². The number of hydrogen-bond donors (Lipinski definition) is 10. The summed E-state index contributed by atoms with van der Waals surface area (Å²) in [7, 11) is 0. The predicted molar refractivity (Wildman–Crippen MR) is 306 cm³/mol. The second kappa shape index (κ2) is 23.6. The van der Waals surface area contributed by atoms with E-state index in [0.29, 0.717) is 81.1 Å². The number of phenols is 3. The van der Waals surface area contributed by atoms with Crippen molar-refractivity contribution in [1.29, 1.82) is 0 Å². The minimum Gasteiger partial charge on any atom is -0.504 e. The van der Waals surface area contributed by atoms with Gasteiger partial charge in [0.2, 0.25) is 5.75 Å². The van der Waals surface area contributed by atoms with Gasteiger partial charge >= 0.3 is 5.97 Å². The molecule has 81 heavy (non-hydrogen) atoms. The first-order chi connectivity index (χ1) is 39.4. The second-order valence-corrected chi connectivity index (χ2v) is 23.5. The van der Waals surface area contributed by atoms with Crippen LogP contribution in [0.25, 0.3) is 10.9 Å². The number of fused-ring (bicyclic) bond motifs is 8. The Bertz CT molecular complexity index is 3180. The number of guanidine groups is 1. The summed E-state index contributed by atoms with van der Waals surface area (Å²) >= 11 is 0. The molecule has 7 aliphatic rings. The number of aliphatic hydroxyl groups excluding tert-OH is 1. The van der Waals surface area contributed by atoms with Crippen LogP contribution in [0.3, 0.4) is 0 Å². The highest BCUT2D eigenvalue weighted by atomic mass is 16.6. The number of nitrogens with zero attached hydrogens (tertiary/aromatic N) is 3. The largest absolute Gasteiger partial charge is 0.504 e. The molecule has 0 radical (unpaired) electrons. The topological polar surface area (TPSA) is 255 Å². The molecular formula is C63H77N9O9. The Morgan fingerprint density at radius 2 is 1.90 bits per heavy atom. The number of aromatic hydroxyl groups is 3. The number of aromatic nitrogens is 3. The van der Waals surface area contributed by atoms with Crippen LogP contribution in [0.15, 0.2) is 108 Å². The fourth-order valence-corrected chi connectivity index (χ4v) is 14.4. The van der Waals surface area contributed by atoms with Crippen molar-refractivity contribution in [1.82, 2.24) is 35.8 Å². The number of allylic oxidation sites excluding steroid dienone is 2. The van der Waals surface area contributed by atoms with Gasteiger partial charge in [-0.25, -0.2) is 0 Å². The van der Waals surface area contributed by atoms with Gasteiger partial charge in [0.15, 0.2) is 29.0 Å². The van der Waals surface area contributed by atoms with Crippen molar-refractivity contribution >= 4 is 22.8 Å². The van der Waals surface area contributed by atoms with Gasteiger partial charge in [0.25, 0.3) is 0 Å². The van der Waals surface area contributed by atoms with E-state index in [-0.39, 0.29) is 53.4 Å². The Balaban J connectivity index is 0.933. The standard InChI is InChI=1S/C63H77N9O9/c1-37(73)79-53-33-52(43-31-50(75)58(76)55(32-43)78-27-21-39-9-6-23-65-34-39)81-59-45(53)16-14-41-15-17-47-51(80-54-29-40(28-46(41)59)13-18-49(54)74)12-5-22-63(47)57(61(77)69-44-10-3-2-4-11-44)60(72-35-42-20-26-66-48(42)36-72)70-62(71-63)68-24-7-8-38-19-25-67-56(64)30-38/h6,9,13,18-20,23,26,29-32,34-36,41,44-47,51-53,57,59-61,66-67,69,74-77H,2-5,7-8,10-12,14,16,21-22,24-25,27-28,33,64H2,1H3,(H2,68,70,71). The number of aromatic amines is 1. The third kappa shape index (κ3) is 11.6. The molecule has 5 aromatic rings. The normalized spacial score (nSPS) is 30.0. The zero-order valence-electron chi connectivity index (χ0n) is 46.1. The van der Waals surface area contributed by atoms with Gasteiger partial charge in [-0.2, -0.15) is 0 Å². The van der Waals surface area contributed by atoms with Crippen LogP contribution >= 0.6 is 0 Å². The highest BCUT2D eigenvalue weighted by Gasteiger charge is 2.60. The van der Waals surface area contributed by atoms with Crippen LogP contribution in [0.4, 0.5) is 0 Å². The molecule has 1 spiro atoms. The van der Waals surface area contributed by atoms with Gasteiger partial charge in [-0.15, -0.1) is 0 Å². The molecule has 2 bridgehead atoms. The van der Waals surface area contributed by atoms with Crippen molar-refractivity contribution in [3.63, 3.8) is 0 Å². The first-order valence-electron chi connectivity index (χ1n) is 29.4. The lowest BCUT2D eigenvalue weighted by atomic mass is 9.61. The number of aliphatic hydroxyl groups is 1. The number of dihydropyridines is 1. The molecule has 3 saturated carbocycles. The fourth-order valence-electron chi connectivity index (χ4n) is 14.4. The number of benzene rings is 2. The third-order valence-electron chi connectivity index (χ3n) is 18.3. The SMILES string of the molecule is CC(=O)OC1CC(c2cc(O)c(O)c(OCCc3cccnc3)c2)OC2C3Cc4ccc(O)c(c4)OC4CCCC5(NC(=NCCCC6=CCNC(N)=C6)NC(n6cc7cc[nH]c7c6)C5C(O)NC5CCCCC5)C4C#CC3CCC12. The van der Waals surface area contributed by atoms with Crippen molar-refractivity contribution in [2.75, 3.05) is 19.7 Å². The monoisotopic (exact) mass is 1100 g/mol. The summed E-state index contributed by atoms with van der Waals surface area (Å²) in [5, 5.41) is 63.0. The highest BCUT2D eigenvalue weighted by Crippen LogP contribution is 2.52. The summed E-state index contributed by atoms with van der Waals surface area (Å²) in [6.07, 6.45) is 21.9. The molecule has 12 atom stereocenters. The molecule has 3 aromatic heterocycles. The molecule has 7 heterocycles. The Hall–Kier alpha value is -7.33. The molecule has 12 rings (SSSR count). The number of H-pyrrole nitrogens is 1. The zero-order chi connectivity index (χ0) is 55.6. The number of carbonyl (C=O) groups is 1. The van der Waals surface area contributed by atoms with Crippen LogP contribution in [0.5, 0.6) is 28.7 Å². The lowest BCUT2D eigenvalue weighted by Gasteiger charge is -2.57. The van der Waals surface area contributed by atoms with Gasteiger partial charge in [-0.1, -0.05) is 49.3 Å². The zero-order valence-corrected chi connectivity index (χ0v) is 46.1. The molecule has 3 aliphatic carbocycles.